The third kappa shape index (κ3) is 46.7. The molecule has 0 radical (unpaired) electrons. The van der Waals surface area contributed by atoms with E-state index in [0.29, 0.717) is 19.3 Å². The molecule has 0 bridgehead atoms. The minimum Gasteiger partial charge on any atom is -0.462 e. The molecule has 0 aromatic heterocycles. The molecule has 0 fully saturated rings. The zero-order chi connectivity index (χ0) is 43.7. The van der Waals surface area contributed by atoms with E-state index in [4.69, 9.17) is 14.2 Å². The predicted molar refractivity (Wildman–Crippen MR) is 256 cm³/mol. The van der Waals surface area contributed by atoms with Crippen LogP contribution in [-0.4, -0.2) is 37.2 Å². The number of rotatable bonds is 47. The fraction of sp³-hybridized carbons (Fsp3) is 0.833. The van der Waals surface area contributed by atoms with Crippen molar-refractivity contribution in [2.45, 2.75) is 277 Å². The quantitative estimate of drug-likeness (QED) is 0.0263. The third-order valence-corrected chi connectivity index (χ3v) is 11.3. The van der Waals surface area contributed by atoms with Gasteiger partial charge >= 0.3 is 17.9 Å². The van der Waals surface area contributed by atoms with Gasteiger partial charge in [-0.05, 0) is 70.6 Å². The molecule has 1 atom stereocenters. The van der Waals surface area contributed by atoms with E-state index in [1.54, 1.807) is 0 Å². The van der Waals surface area contributed by atoms with Gasteiger partial charge in [-0.1, -0.05) is 218 Å². The minimum atomic E-state index is -0.777. The molecule has 0 aliphatic heterocycles. The van der Waals surface area contributed by atoms with Gasteiger partial charge in [-0.2, -0.15) is 0 Å². The molecular weight excluding hydrogens is 745 g/mol. The molecule has 0 saturated heterocycles. The second-order valence-electron chi connectivity index (χ2n) is 17.4. The van der Waals surface area contributed by atoms with Crippen molar-refractivity contribution >= 4 is 17.9 Å². The van der Waals surface area contributed by atoms with Crippen molar-refractivity contribution in [3.05, 3.63) is 36.5 Å². The molecule has 0 aliphatic carbocycles. The normalized spacial score (nSPS) is 12.2. The van der Waals surface area contributed by atoms with Gasteiger partial charge in [0.05, 0.1) is 0 Å². The molecule has 350 valence electrons. The van der Waals surface area contributed by atoms with E-state index in [1.165, 1.54) is 141 Å². The largest absolute Gasteiger partial charge is 0.462 e. The Morgan fingerprint density at radius 3 is 1.00 bits per heavy atom. The van der Waals surface area contributed by atoms with Crippen LogP contribution in [0.3, 0.4) is 0 Å². The van der Waals surface area contributed by atoms with E-state index < -0.39 is 6.10 Å². The Bertz CT molecular complexity index is 1020. The first-order valence-electron chi connectivity index (χ1n) is 26.0. The van der Waals surface area contributed by atoms with Crippen LogP contribution < -0.4 is 0 Å². The summed E-state index contributed by atoms with van der Waals surface area (Å²) in [5.41, 5.74) is 0. The Hall–Kier alpha value is -2.37. The summed E-state index contributed by atoms with van der Waals surface area (Å²) in [4.78, 5) is 37.9. The highest BCUT2D eigenvalue weighted by Gasteiger charge is 2.19. The van der Waals surface area contributed by atoms with Gasteiger partial charge in [-0.25, -0.2) is 0 Å². The molecular formula is C54H98O6. The van der Waals surface area contributed by atoms with Gasteiger partial charge in [0.25, 0.3) is 0 Å². The Morgan fingerprint density at radius 1 is 0.333 bits per heavy atom. The SMILES string of the molecule is CCC/C=C\C/C=C\CCCCCCCC(=O)OC(COC(=O)CCCCCCCCC/C=C\CCCCCCCC)COC(=O)CCCCCCCCCCCCCC. The molecule has 0 rings (SSSR count). The van der Waals surface area contributed by atoms with Gasteiger partial charge in [-0.3, -0.25) is 14.4 Å². The lowest BCUT2D eigenvalue weighted by Crippen LogP contribution is -2.30. The monoisotopic (exact) mass is 843 g/mol. The zero-order valence-electron chi connectivity index (χ0n) is 40.0. The third-order valence-electron chi connectivity index (χ3n) is 11.3. The van der Waals surface area contributed by atoms with E-state index in [-0.39, 0.29) is 31.1 Å². The number of unbranched alkanes of at least 4 members (excludes halogenated alkanes) is 30. The fourth-order valence-corrected chi connectivity index (χ4v) is 7.42. The molecule has 0 spiro atoms. The first kappa shape index (κ1) is 57.6. The number of allylic oxidation sites excluding steroid dienone is 6. The number of carbonyl (C=O) groups excluding carboxylic acids is 3. The molecule has 0 amide bonds. The summed E-state index contributed by atoms with van der Waals surface area (Å²) in [5.74, 6) is -0.886. The standard InChI is InChI=1S/C54H98O6/c1-4-7-10-13-16-19-22-25-26-27-28-30-32-35-38-41-44-47-53(56)59-50-51(49-58-52(55)46-43-40-37-34-31-24-21-18-15-12-9-6-3)60-54(57)48-45-42-39-36-33-29-23-20-17-14-11-8-5-2/h11,14,20,23,25-26,51H,4-10,12-13,15-19,21-22,24,27-50H2,1-3H3/b14-11-,23-20-,26-25-. The minimum absolute atomic E-state index is 0.0764. The smallest absolute Gasteiger partial charge is 0.306 e. The highest BCUT2D eigenvalue weighted by Crippen LogP contribution is 2.15. The van der Waals surface area contributed by atoms with Crippen molar-refractivity contribution in [1.82, 2.24) is 0 Å². The average molecular weight is 843 g/mol. The molecule has 60 heavy (non-hydrogen) atoms. The first-order chi connectivity index (χ1) is 29.5. The van der Waals surface area contributed by atoms with Crippen LogP contribution in [0.2, 0.25) is 0 Å². The summed E-state index contributed by atoms with van der Waals surface area (Å²) in [6.45, 7) is 6.57. The number of ether oxygens (including phenoxy) is 3. The number of hydrogen-bond acceptors (Lipinski definition) is 6. The van der Waals surface area contributed by atoms with Gasteiger partial charge < -0.3 is 14.2 Å². The summed E-state index contributed by atoms with van der Waals surface area (Å²) in [6.07, 6.45) is 56.9. The second-order valence-corrected chi connectivity index (χ2v) is 17.4. The van der Waals surface area contributed by atoms with Crippen molar-refractivity contribution in [2.24, 2.45) is 0 Å². The molecule has 0 aromatic carbocycles. The van der Waals surface area contributed by atoms with Gasteiger partial charge in [0.2, 0.25) is 0 Å². The molecule has 0 N–H and O–H groups in total. The summed E-state index contributed by atoms with van der Waals surface area (Å²) in [5, 5.41) is 0. The van der Waals surface area contributed by atoms with Crippen LogP contribution in [0.25, 0.3) is 0 Å². The maximum atomic E-state index is 12.8. The molecule has 0 saturated carbocycles. The van der Waals surface area contributed by atoms with Gasteiger partial charge in [0, 0.05) is 19.3 Å². The number of esters is 3. The van der Waals surface area contributed by atoms with Crippen molar-refractivity contribution in [1.29, 1.82) is 0 Å². The fourth-order valence-electron chi connectivity index (χ4n) is 7.42. The Balaban J connectivity index is 4.35. The van der Waals surface area contributed by atoms with Gasteiger partial charge in [-0.15, -0.1) is 0 Å². The summed E-state index contributed by atoms with van der Waals surface area (Å²) in [7, 11) is 0. The van der Waals surface area contributed by atoms with E-state index >= 15 is 0 Å². The molecule has 0 aliphatic rings. The van der Waals surface area contributed by atoms with Gasteiger partial charge in [0.15, 0.2) is 6.10 Å². The van der Waals surface area contributed by atoms with Crippen LogP contribution in [0.5, 0.6) is 0 Å². The summed E-state index contributed by atoms with van der Waals surface area (Å²) >= 11 is 0. The topological polar surface area (TPSA) is 78.9 Å². The average Bonchev–Trinajstić information content (AvgIpc) is 3.24. The Labute approximate surface area is 372 Å². The predicted octanol–water partition coefficient (Wildman–Crippen LogP) is 16.9. The van der Waals surface area contributed by atoms with Gasteiger partial charge in [0.1, 0.15) is 13.2 Å². The van der Waals surface area contributed by atoms with E-state index in [0.717, 1.165) is 89.9 Å². The van der Waals surface area contributed by atoms with Crippen LogP contribution in [0, 0.1) is 0 Å². The first-order valence-corrected chi connectivity index (χ1v) is 26.0. The van der Waals surface area contributed by atoms with Crippen LogP contribution in [0.1, 0.15) is 271 Å². The molecule has 0 heterocycles. The number of hydrogen-bond donors (Lipinski definition) is 0. The lowest BCUT2D eigenvalue weighted by molar-refractivity contribution is -0.167. The highest BCUT2D eigenvalue weighted by molar-refractivity contribution is 5.71. The maximum absolute atomic E-state index is 12.8. The number of carbonyl (C=O) groups is 3. The van der Waals surface area contributed by atoms with E-state index in [2.05, 4.69) is 57.2 Å². The van der Waals surface area contributed by atoms with Crippen LogP contribution in [0.4, 0.5) is 0 Å². The lowest BCUT2D eigenvalue weighted by atomic mass is 10.0. The molecule has 1 unspecified atom stereocenters. The maximum Gasteiger partial charge on any atom is 0.306 e. The lowest BCUT2D eigenvalue weighted by Gasteiger charge is -2.18. The molecule has 6 heteroatoms. The van der Waals surface area contributed by atoms with Crippen molar-refractivity contribution in [2.75, 3.05) is 13.2 Å². The van der Waals surface area contributed by atoms with Crippen LogP contribution in [0.15, 0.2) is 36.5 Å². The second kappa shape index (κ2) is 49.3. The van der Waals surface area contributed by atoms with Crippen LogP contribution >= 0.6 is 0 Å². The van der Waals surface area contributed by atoms with Crippen molar-refractivity contribution in [3.8, 4) is 0 Å². The highest BCUT2D eigenvalue weighted by atomic mass is 16.6. The summed E-state index contributed by atoms with van der Waals surface area (Å²) in [6, 6.07) is 0. The van der Waals surface area contributed by atoms with Crippen molar-refractivity contribution in [3.63, 3.8) is 0 Å². The summed E-state index contributed by atoms with van der Waals surface area (Å²) < 4.78 is 16.8. The Kier molecular flexibility index (Phi) is 47.3. The zero-order valence-corrected chi connectivity index (χ0v) is 40.0. The molecule has 6 nitrogen and oxygen atoms in total. The van der Waals surface area contributed by atoms with Crippen molar-refractivity contribution < 1.29 is 28.6 Å². The van der Waals surface area contributed by atoms with E-state index in [9.17, 15) is 14.4 Å². The molecule has 0 aromatic rings. The van der Waals surface area contributed by atoms with Crippen LogP contribution in [-0.2, 0) is 28.6 Å². The van der Waals surface area contributed by atoms with E-state index in [1.807, 2.05) is 0 Å². The Morgan fingerprint density at radius 2 is 0.633 bits per heavy atom.